The highest BCUT2D eigenvalue weighted by atomic mass is 19.1. The fourth-order valence-corrected chi connectivity index (χ4v) is 2.68. The first kappa shape index (κ1) is 19.8. The zero-order chi connectivity index (χ0) is 19.7. The summed E-state index contributed by atoms with van der Waals surface area (Å²) in [6.45, 7) is 7.27. The highest BCUT2D eigenvalue weighted by molar-refractivity contribution is 6.09. The lowest BCUT2D eigenvalue weighted by Crippen LogP contribution is -2.44. The molecule has 2 rings (SSSR count). The Morgan fingerprint density at radius 3 is 2.54 bits per heavy atom. The van der Waals surface area contributed by atoms with Gasteiger partial charge in [0.1, 0.15) is 23.7 Å². The number of rotatable bonds is 5. The standard InChI is InChI=1S/C18H23F2N3O3/c1-17(2,3)7-8-21-14(24)10-23-15(25)18(4,22-16(23)26)12-9-11(19)5-6-13(12)20/h5-6,9H,7-8,10H2,1-4H3,(H,21,24)(H,22,26). The predicted octanol–water partition coefficient (Wildman–Crippen LogP) is 2.28. The van der Waals surface area contributed by atoms with E-state index in [4.69, 9.17) is 0 Å². The van der Waals surface area contributed by atoms with Crippen LogP contribution in [-0.2, 0) is 15.1 Å². The Hall–Kier alpha value is -2.51. The maximum atomic E-state index is 14.1. The van der Waals surface area contributed by atoms with Crippen LogP contribution < -0.4 is 10.6 Å². The van der Waals surface area contributed by atoms with Crippen molar-refractivity contribution in [1.29, 1.82) is 0 Å². The van der Waals surface area contributed by atoms with E-state index < -0.39 is 41.6 Å². The van der Waals surface area contributed by atoms with Gasteiger partial charge in [-0.15, -0.1) is 0 Å². The molecule has 1 saturated heterocycles. The van der Waals surface area contributed by atoms with Crippen LogP contribution in [0, 0.1) is 17.0 Å². The maximum absolute atomic E-state index is 14.1. The van der Waals surface area contributed by atoms with Gasteiger partial charge in [0.15, 0.2) is 0 Å². The molecule has 0 radical (unpaired) electrons. The van der Waals surface area contributed by atoms with Crippen LogP contribution in [0.4, 0.5) is 13.6 Å². The second-order valence-electron chi connectivity index (χ2n) is 7.73. The number of carbonyl (C=O) groups is 3. The van der Waals surface area contributed by atoms with Crippen LogP contribution >= 0.6 is 0 Å². The minimum absolute atomic E-state index is 0.0294. The van der Waals surface area contributed by atoms with Crippen molar-refractivity contribution in [3.05, 3.63) is 35.4 Å². The van der Waals surface area contributed by atoms with Crippen LogP contribution in [0.25, 0.3) is 0 Å². The number of urea groups is 1. The third-order valence-electron chi connectivity index (χ3n) is 4.24. The van der Waals surface area contributed by atoms with E-state index >= 15 is 0 Å². The topological polar surface area (TPSA) is 78.5 Å². The third-order valence-corrected chi connectivity index (χ3v) is 4.24. The second kappa shape index (κ2) is 7.01. The van der Waals surface area contributed by atoms with Crippen molar-refractivity contribution in [2.24, 2.45) is 5.41 Å². The summed E-state index contributed by atoms with van der Waals surface area (Å²) in [6.07, 6.45) is 0.727. The summed E-state index contributed by atoms with van der Waals surface area (Å²) in [4.78, 5) is 37.5. The second-order valence-corrected chi connectivity index (χ2v) is 7.73. The lowest BCUT2D eigenvalue weighted by Gasteiger charge is -2.23. The van der Waals surface area contributed by atoms with Gasteiger partial charge in [-0.25, -0.2) is 13.6 Å². The van der Waals surface area contributed by atoms with Crippen LogP contribution in [0.15, 0.2) is 18.2 Å². The van der Waals surface area contributed by atoms with Gasteiger partial charge < -0.3 is 10.6 Å². The van der Waals surface area contributed by atoms with E-state index in [2.05, 4.69) is 10.6 Å². The number of nitrogens with one attached hydrogen (secondary N) is 2. The van der Waals surface area contributed by atoms with Gasteiger partial charge in [-0.3, -0.25) is 14.5 Å². The number of nitrogens with zero attached hydrogens (tertiary/aromatic N) is 1. The summed E-state index contributed by atoms with van der Waals surface area (Å²) >= 11 is 0. The Morgan fingerprint density at radius 2 is 1.92 bits per heavy atom. The molecule has 0 aliphatic carbocycles. The average molecular weight is 367 g/mol. The van der Waals surface area contributed by atoms with Gasteiger partial charge in [0, 0.05) is 12.1 Å². The molecule has 8 heteroatoms. The van der Waals surface area contributed by atoms with Gasteiger partial charge in [-0.2, -0.15) is 0 Å². The molecule has 0 bridgehead atoms. The van der Waals surface area contributed by atoms with Crippen LogP contribution in [0.5, 0.6) is 0 Å². The molecule has 142 valence electrons. The minimum Gasteiger partial charge on any atom is -0.355 e. The SMILES string of the molecule is CC(C)(C)CCNC(=O)CN1C(=O)NC(C)(c2cc(F)ccc2F)C1=O. The monoisotopic (exact) mass is 367 g/mol. The zero-order valence-electron chi connectivity index (χ0n) is 15.3. The Labute approximate surface area is 150 Å². The predicted molar refractivity (Wildman–Crippen MR) is 91.0 cm³/mol. The molecule has 1 atom stereocenters. The van der Waals surface area contributed by atoms with Crippen molar-refractivity contribution in [3.8, 4) is 0 Å². The summed E-state index contributed by atoms with van der Waals surface area (Å²) in [7, 11) is 0. The first-order valence-electron chi connectivity index (χ1n) is 8.30. The van der Waals surface area contributed by atoms with E-state index in [-0.39, 0.29) is 11.0 Å². The number of hydrogen-bond donors (Lipinski definition) is 2. The quantitative estimate of drug-likeness (QED) is 0.784. The number of halogens is 2. The smallest absolute Gasteiger partial charge is 0.325 e. The van der Waals surface area contributed by atoms with E-state index in [1.54, 1.807) is 0 Å². The molecule has 1 unspecified atom stereocenters. The van der Waals surface area contributed by atoms with Crippen molar-refractivity contribution in [3.63, 3.8) is 0 Å². The normalized spacial score (nSPS) is 20.3. The van der Waals surface area contributed by atoms with Crippen molar-refractivity contribution in [1.82, 2.24) is 15.5 Å². The van der Waals surface area contributed by atoms with E-state index in [0.717, 1.165) is 24.6 Å². The molecule has 2 N–H and O–H groups in total. The summed E-state index contributed by atoms with van der Waals surface area (Å²) in [5.41, 5.74) is -2.03. The van der Waals surface area contributed by atoms with Crippen LogP contribution in [-0.4, -0.2) is 35.8 Å². The molecule has 0 spiro atoms. The van der Waals surface area contributed by atoms with E-state index in [9.17, 15) is 23.2 Å². The molecule has 1 aliphatic heterocycles. The molecular weight excluding hydrogens is 344 g/mol. The maximum Gasteiger partial charge on any atom is 0.325 e. The van der Waals surface area contributed by atoms with Gasteiger partial charge in [-0.05, 0) is 37.0 Å². The number of carbonyl (C=O) groups excluding carboxylic acids is 3. The largest absolute Gasteiger partial charge is 0.355 e. The van der Waals surface area contributed by atoms with Gasteiger partial charge in [0.2, 0.25) is 5.91 Å². The van der Waals surface area contributed by atoms with Gasteiger partial charge in [-0.1, -0.05) is 20.8 Å². The van der Waals surface area contributed by atoms with E-state index in [1.807, 2.05) is 20.8 Å². The summed E-state index contributed by atoms with van der Waals surface area (Å²) in [6, 6.07) is 1.84. The van der Waals surface area contributed by atoms with Crippen molar-refractivity contribution in [2.75, 3.05) is 13.1 Å². The molecule has 0 aromatic heterocycles. The minimum atomic E-state index is -1.77. The number of imide groups is 1. The number of benzene rings is 1. The summed E-state index contributed by atoms with van der Waals surface area (Å²) in [5, 5.41) is 5.00. The van der Waals surface area contributed by atoms with Gasteiger partial charge >= 0.3 is 6.03 Å². The Balaban J connectivity index is 2.11. The molecule has 1 aromatic rings. The van der Waals surface area contributed by atoms with E-state index in [0.29, 0.717) is 11.4 Å². The molecule has 0 saturated carbocycles. The lowest BCUT2D eigenvalue weighted by molar-refractivity contribution is -0.134. The van der Waals surface area contributed by atoms with Gasteiger partial charge in [0.25, 0.3) is 5.91 Å². The molecule has 1 heterocycles. The fraction of sp³-hybridized carbons (Fsp3) is 0.500. The Kier molecular flexibility index (Phi) is 5.34. The van der Waals surface area contributed by atoms with Crippen LogP contribution in [0.2, 0.25) is 0 Å². The number of amides is 4. The first-order chi connectivity index (χ1) is 11.9. The van der Waals surface area contributed by atoms with Crippen molar-refractivity contribution in [2.45, 2.75) is 39.7 Å². The highest BCUT2D eigenvalue weighted by Crippen LogP contribution is 2.31. The van der Waals surface area contributed by atoms with Gasteiger partial charge in [0.05, 0.1) is 0 Å². The molecule has 1 aliphatic rings. The summed E-state index contributed by atoms with van der Waals surface area (Å²) < 4.78 is 27.5. The summed E-state index contributed by atoms with van der Waals surface area (Å²) in [5.74, 6) is -2.86. The molecule has 1 fully saturated rings. The number of hydrogen-bond acceptors (Lipinski definition) is 3. The third kappa shape index (κ3) is 4.17. The van der Waals surface area contributed by atoms with E-state index in [1.165, 1.54) is 6.92 Å². The Bertz CT molecular complexity index is 746. The lowest BCUT2D eigenvalue weighted by atomic mass is 9.91. The van der Waals surface area contributed by atoms with Crippen LogP contribution in [0.1, 0.15) is 39.7 Å². The Morgan fingerprint density at radius 1 is 1.27 bits per heavy atom. The molecule has 1 aromatic carbocycles. The average Bonchev–Trinajstić information content (AvgIpc) is 2.72. The van der Waals surface area contributed by atoms with Crippen LogP contribution in [0.3, 0.4) is 0 Å². The first-order valence-corrected chi connectivity index (χ1v) is 8.30. The molecule has 26 heavy (non-hydrogen) atoms. The zero-order valence-corrected chi connectivity index (χ0v) is 15.3. The highest BCUT2D eigenvalue weighted by Gasteiger charge is 2.50. The molecule has 4 amide bonds. The molecule has 6 nitrogen and oxygen atoms in total. The van der Waals surface area contributed by atoms with Crippen molar-refractivity contribution >= 4 is 17.8 Å². The van der Waals surface area contributed by atoms with Crippen molar-refractivity contribution < 1.29 is 23.2 Å². The fourth-order valence-electron chi connectivity index (χ4n) is 2.68. The molecular formula is C18H23F2N3O3.